The zero-order valence-electron chi connectivity index (χ0n) is 8.60. The molecule has 0 unspecified atom stereocenters. The quantitative estimate of drug-likeness (QED) is 0.425. The molecule has 1 aliphatic rings. The van der Waals surface area contributed by atoms with Gasteiger partial charge in [0.2, 0.25) is 5.91 Å². The van der Waals surface area contributed by atoms with Crippen LogP contribution in [0.2, 0.25) is 0 Å². The number of nitrogens with one attached hydrogen (secondary N) is 1. The van der Waals surface area contributed by atoms with Crippen LogP contribution in [0.25, 0.3) is 0 Å². The molecule has 1 aromatic rings. The molecule has 0 atom stereocenters. The molecule has 0 aliphatic heterocycles. The number of hydrogen-bond acceptors (Lipinski definition) is 3. The summed E-state index contributed by atoms with van der Waals surface area (Å²) in [6.45, 7) is 0. The zero-order chi connectivity index (χ0) is 10.7. The van der Waals surface area contributed by atoms with Gasteiger partial charge in [0, 0.05) is 18.3 Å². The number of carbonyl (C=O) groups is 1. The molecule has 1 saturated carbocycles. The standard InChI is InChI=1S/C10H16N4O/c11-13-10(15)8-2-4-9(5-3-8)14-7-1-6-12-14/h1,6-9H,2-5,11H2,(H,13,15). The Morgan fingerprint density at radius 2 is 2.13 bits per heavy atom. The lowest BCUT2D eigenvalue weighted by Gasteiger charge is -2.27. The summed E-state index contributed by atoms with van der Waals surface area (Å²) in [5, 5.41) is 4.22. The van der Waals surface area contributed by atoms with Crippen molar-refractivity contribution >= 4 is 5.91 Å². The highest BCUT2D eigenvalue weighted by Gasteiger charge is 2.26. The van der Waals surface area contributed by atoms with E-state index in [1.165, 1.54) is 0 Å². The predicted octanol–water partition coefficient (Wildman–Crippen LogP) is 0.604. The number of amides is 1. The maximum absolute atomic E-state index is 11.3. The van der Waals surface area contributed by atoms with Crippen molar-refractivity contribution in [3.05, 3.63) is 18.5 Å². The van der Waals surface area contributed by atoms with Gasteiger partial charge < -0.3 is 0 Å². The third-order valence-electron chi connectivity index (χ3n) is 3.11. The highest BCUT2D eigenvalue weighted by atomic mass is 16.2. The van der Waals surface area contributed by atoms with Gasteiger partial charge in [-0.15, -0.1) is 0 Å². The van der Waals surface area contributed by atoms with Gasteiger partial charge in [-0.2, -0.15) is 5.10 Å². The van der Waals surface area contributed by atoms with Crippen molar-refractivity contribution < 1.29 is 4.79 Å². The molecule has 0 saturated heterocycles. The van der Waals surface area contributed by atoms with Crippen molar-refractivity contribution in [3.63, 3.8) is 0 Å². The molecule has 0 aromatic carbocycles. The minimum absolute atomic E-state index is 0.0334. The van der Waals surface area contributed by atoms with Gasteiger partial charge in [0.25, 0.3) is 0 Å². The first kappa shape index (κ1) is 10.2. The molecular formula is C10H16N4O. The molecule has 1 aliphatic carbocycles. The molecule has 5 heteroatoms. The molecule has 82 valence electrons. The predicted molar refractivity (Wildman–Crippen MR) is 55.6 cm³/mol. The summed E-state index contributed by atoms with van der Waals surface area (Å²) in [6, 6.07) is 2.38. The van der Waals surface area contributed by atoms with Gasteiger partial charge in [0.05, 0.1) is 6.04 Å². The molecular weight excluding hydrogens is 192 g/mol. The SMILES string of the molecule is NNC(=O)C1CCC(n2cccn2)CC1. The summed E-state index contributed by atoms with van der Waals surface area (Å²) in [5.74, 6) is 5.17. The zero-order valence-corrected chi connectivity index (χ0v) is 8.60. The fraction of sp³-hybridized carbons (Fsp3) is 0.600. The first-order valence-electron chi connectivity index (χ1n) is 5.31. The normalized spacial score (nSPS) is 26.2. The lowest BCUT2D eigenvalue weighted by molar-refractivity contribution is -0.126. The van der Waals surface area contributed by atoms with E-state index in [0.29, 0.717) is 6.04 Å². The van der Waals surface area contributed by atoms with Crippen molar-refractivity contribution in [2.24, 2.45) is 11.8 Å². The minimum atomic E-state index is -0.0334. The van der Waals surface area contributed by atoms with Crippen LogP contribution >= 0.6 is 0 Å². The molecule has 15 heavy (non-hydrogen) atoms. The van der Waals surface area contributed by atoms with Gasteiger partial charge >= 0.3 is 0 Å². The van der Waals surface area contributed by atoms with Gasteiger partial charge in [-0.05, 0) is 31.7 Å². The van der Waals surface area contributed by atoms with Crippen LogP contribution in [0.4, 0.5) is 0 Å². The highest BCUT2D eigenvalue weighted by Crippen LogP contribution is 2.31. The Morgan fingerprint density at radius 1 is 1.40 bits per heavy atom. The van der Waals surface area contributed by atoms with Crippen LogP contribution in [0.5, 0.6) is 0 Å². The minimum Gasteiger partial charge on any atom is -0.294 e. The van der Waals surface area contributed by atoms with Gasteiger partial charge in [0.15, 0.2) is 0 Å². The molecule has 5 nitrogen and oxygen atoms in total. The first-order valence-corrected chi connectivity index (χ1v) is 5.31. The second-order valence-electron chi connectivity index (χ2n) is 4.00. The van der Waals surface area contributed by atoms with E-state index in [1.807, 2.05) is 16.9 Å². The summed E-state index contributed by atoms with van der Waals surface area (Å²) in [5.41, 5.74) is 2.22. The van der Waals surface area contributed by atoms with Crippen molar-refractivity contribution in [1.82, 2.24) is 15.2 Å². The van der Waals surface area contributed by atoms with Crippen molar-refractivity contribution in [2.75, 3.05) is 0 Å². The summed E-state index contributed by atoms with van der Waals surface area (Å²) >= 11 is 0. The highest BCUT2D eigenvalue weighted by molar-refractivity contribution is 5.77. The molecule has 3 N–H and O–H groups in total. The number of carbonyl (C=O) groups excluding carboxylic acids is 1. The summed E-state index contributed by atoms with van der Waals surface area (Å²) in [4.78, 5) is 11.3. The Balaban J connectivity index is 1.90. The fourth-order valence-electron chi connectivity index (χ4n) is 2.22. The third kappa shape index (κ3) is 2.18. The van der Waals surface area contributed by atoms with E-state index in [9.17, 15) is 4.79 Å². The smallest absolute Gasteiger partial charge is 0.236 e. The van der Waals surface area contributed by atoms with Crippen molar-refractivity contribution in [3.8, 4) is 0 Å². The Morgan fingerprint density at radius 3 is 2.67 bits per heavy atom. The topological polar surface area (TPSA) is 72.9 Å². The lowest BCUT2D eigenvalue weighted by Crippen LogP contribution is -2.37. The van der Waals surface area contributed by atoms with E-state index in [2.05, 4.69) is 10.5 Å². The van der Waals surface area contributed by atoms with Crippen LogP contribution < -0.4 is 11.3 Å². The molecule has 0 radical (unpaired) electrons. The molecule has 0 bridgehead atoms. The van der Waals surface area contributed by atoms with Crippen molar-refractivity contribution in [2.45, 2.75) is 31.7 Å². The second kappa shape index (κ2) is 4.44. The fourth-order valence-corrected chi connectivity index (χ4v) is 2.22. The van der Waals surface area contributed by atoms with Crippen molar-refractivity contribution in [1.29, 1.82) is 0 Å². The Labute approximate surface area is 88.6 Å². The van der Waals surface area contributed by atoms with Crippen LogP contribution in [0.3, 0.4) is 0 Å². The van der Waals surface area contributed by atoms with Crippen LogP contribution in [0, 0.1) is 5.92 Å². The molecule has 0 spiro atoms. The van der Waals surface area contributed by atoms with Crippen LogP contribution in [0.15, 0.2) is 18.5 Å². The molecule has 1 heterocycles. The second-order valence-corrected chi connectivity index (χ2v) is 4.00. The number of hydrazine groups is 1. The lowest BCUT2D eigenvalue weighted by atomic mass is 9.85. The molecule has 1 aromatic heterocycles. The first-order chi connectivity index (χ1) is 7.31. The monoisotopic (exact) mass is 208 g/mol. The van der Waals surface area contributed by atoms with Crippen LogP contribution in [-0.2, 0) is 4.79 Å². The number of hydrogen-bond donors (Lipinski definition) is 2. The molecule has 1 fully saturated rings. The van der Waals surface area contributed by atoms with Gasteiger partial charge in [-0.1, -0.05) is 0 Å². The summed E-state index contributed by atoms with van der Waals surface area (Å²) < 4.78 is 1.98. The van der Waals surface area contributed by atoms with Gasteiger partial charge in [-0.25, -0.2) is 5.84 Å². The summed E-state index contributed by atoms with van der Waals surface area (Å²) in [6.07, 6.45) is 7.56. The third-order valence-corrected chi connectivity index (χ3v) is 3.11. The molecule has 2 rings (SSSR count). The molecule has 1 amide bonds. The van der Waals surface area contributed by atoms with E-state index < -0.39 is 0 Å². The van der Waals surface area contributed by atoms with E-state index in [1.54, 1.807) is 6.20 Å². The maximum atomic E-state index is 11.3. The number of aromatic nitrogens is 2. The van der Waals surface area contributed by atoms with E-state index in [0.717, 1.165) is 25.7 Å². The van der Waals surface area contributed by atoms with E-state index >= 15 is 0 Å². The van der Waals surface area contributed by atoms with Gasteiger partial charge in [-0.3, -0.25) is 14.9 Å². The summed E-state index contributed by atoms with van der Waals surface area (Å²) in [7, 11) is 0. The van der Waals surface area contributed by atoms with E-state index in [4.69, 9.17) is 5.84 Å². The maximum Gasteiger partial charge on any atom is 0.236 e. The number of nitrogens with zero attached hydrogens (tertiary/aromatic N) is 2. The van der Waals surface area contributed by atoms with Crippen LogP contribution in [0.1, 0.15) is 31.7 Å². The van der Waals surface area contributed by atoms with Gasteiger partial charge in [0.1, 0.15) is 0 Å². The average molecular weight is 208 g/mol. The van der Waals surface area contributed by atoms with E-state index in [-0.39, 0.29) is 11.8 Å². The number of nitrogens with two attached hydrogens (primary N) is 1. The Bertz CT molecular complexity index is 314. The Kier molecular flexibility index (Phi) is 3.01. The average Bonchev–Trinajstić information content (AvgIpc) is 2.82. The van der Waals surface area contributed by atoms with Crippen LogP contribution in [-0.4, -0.2) is 15.7 Å². The Hall–Kier alpha value is -1.36. The number of rotatable bonds is 2. The largest absolute Gasteiger partial charge is 0.294 e.